The van der Waals surface area contributed by atoms with Gasteiger partial charge in [0.05, 0.1) is 37.2 Å². The van der Waals surface area contributed by atoms with E-state index in [0.717, 1.165) is 10.8 Å². The van der Waals surface area contributed by atoms with Crippen LogP contribution in [0.3, 0.4) is 0 Å². The highest BCUT2D eigenvalue weighted by molar-refractivity contribution is 9.09. The molecule has 1 spiro atoms. The second kappa shape index (κ2) is 16.1. The topological polar surface area (TPSA) is 135 Å². The van der Waals surface area contributed by atoms with Gasteiger partial charge in [0, 0.05) is 37.1 Å². The summed E-state index contributed by atoms with van der Waals surface area (Å²) in [6.07, 6.45) is 2.47. The van der Waals surface area contributed by atoms with Crippen LogP contribution in [0.2, 0.25) is 0 Å². The molecule has 3 saturated heterocycles. The first-order valence-corrected chi connectivity index (χ1v) is 18.4. The Morgan fingerprint density at radius 2 is 1.83 bits per heavy atom. The highest BCUT2D eigenvalue weighted by Crippen LogP contribution is 2.60. The van der Waals surface area contributed by atoms with Gasteiger partial charge in [0.25, 0.3) is 5.91 Å². The number of likely N-dealkylation sites (tertiary alicyclic amines) is 1. The van der Waals surface area contributed by atoms with E-state index in [1.807, 2.05) is 48.5 Å². The minimum absolute atomic E-state index is 0.0411. The average Bonchev–Trinajstić information content (AvgIpc) is 3.74. The Kier molecular flexibility index (Phi) is 11.6. The van der Waals surface area contributed by atoms with Gasteiger partial charge in [0.15, 0.2) is 0 Å². The zero-order valence-electron chi connectivity index (χ0n) is 29.1. The fourth-order valence-corrected chi connectivity index (χ4v) is 9.04. The van der Waals surface area contributed by atoms with E-state index >= 15 is 0 Å². The molecule has 2 bridgehead atoms. The molecule has 8 atom stereocenters. The first-order chi connectivity index (χ1) is 25.2. The Labute approximate surface area is 311 Å². The number of aliphatic hydroxyl groups is 1. The summed E-state index contributed by atoms with van der Waals surface area (Å²) in [7, 11) is 1.49. The van der Waals surface area contributed by atoms with Crippen molar-refractivity contribution in [3.8, 4) is 0 Å². The predicted molar refractivity (Wildman–Crippen MR) is 200 cm³/mol. The van der Waals surface area contributed by atoms with Crippen LogP contribution < -0.4 is 10.2 Å². The summed E-state index contributed by atoms with van der Waals surface area (Å²) in [6.45, 7) is 7.24. The number of methoxy groups -OCH3 is 1. The van der Waals surface area contributed by atoms with Crippen LogP contribution in [0, 0.1) is 11.8 Å². The van der Waals surface area contributed by atoms with E-state index in [4.69, 9.17) is 14.2 Å². The molecule has 0 saturated carbocycles. The maximum Gasteiger partial charge on any atom is 0.313 e. The number of hydrogen-bond acceptors (Lipinski definition) is 8. The number of β-amino-alcohol motifs (C(OH)–C–C–N with tert-alkyl or cyclic N) is 1. The number of amides is 3. The van der Waals surface area contributed by atoms with Crippen molar-refractivity contribution in [1.29, 1.82) is 0 Å². The molecule has 52 heavy (non-hydrogen) atoms. The number of hydrogen-bond donors (Lipinski definition) is 2. The summed E-state index contributed by atoms with van der Waals surface area (Å²) in [5, 5.41) is 15.0. The van der Waals surface area contributed by atoms with Gasteiger partial charge in [-0.3, -0.25) is 19.2 Å². The van der Waals surface area contributed by atoms with Crippen molar-refractivity contribution in [2.75, 3.05) is 38.3 Å². The zero-order chi connectivity index (χ0) is 37.0. The summed E-state index contributed by atoms with van der Waals surface area (Å²) < 4.78 is 18.4. The SMILES string of the molecule is C=CCCC(=O)N[C@@H](COC)[C@@H](OC(=O)[C@H]1[C@@H]2O[C@@]3(CC2Br)[C@@H]1C(=O)N(CCO)[C@@H]3C(=O)N(CC=C)c1ccc2ccccc2c1)c1ccccc1. The number of anilines is 1. The maximum atomic E-state index is 14.8. The number of alkyl halides is 1. The molecule has 3 fully saturated rings. The lowest BCUT2D eigenvalue weighted by Gasteiger charge is -2.37. The van der Waals surface area contributed by atoms with Gasteiger partial charge in [0.1, 0.15) is 17.7 Å². The molecule has 3 aromatic rings. The number of esters is 1. The van der Waals surface area contributed by atoms with Crippen molar-refractivity contribution >= 4 is 56.1 Å². The lowest BCUT2D eigenvalue weighted by Crippen LogP contribution is -2.57. The number of nitrogens with zero attached hydrogens (tertiary/aromatic N) is 2. The molecule has 0 aromatic heterocycles. The smallest absolute Gasteiger partial charge is 0.313 e. The summed E-state index contributed by atoms with van der Waals surface area (Å²) in [5.74, 6) is -3.96. The number of ether oxygens (including phenoxy) is 3. The van der Waals surface area contributed by atoms with Crippen LogP contribution in [0.4, 0.5) is 5.69 Å². The molecule has 6 rings (SSSR count). The summed E-state index contributed by atoms with van der Waals surface area (Å²) >= 11 is 3.71. The van der Waals surface area contributed by atoms with Gasteiger partial charge in [0.2, 0.25) is 11.8 Å². The number of rotatable bonds is 16. The van der Waals surface area contributed by atoms with E-state index < -0.39 is 66.1 Å². The van der Waals surface area contributed by atoms with Crippen LogP contribution in [-0.2, 0) is 33.4 Å². The lowest BCUT2D eigenvalue weighted by molar-refractivity contribution is -0.163. The number of nitrogens with one attached hydrogen (secondary N) is 1. The molecule has 0 aliphatic carbocycles. The number of fused-ring (bicyclic) bond motifs is 2. The molecular weight excluding hydrogens is 730 g/mol. The molecule has 3 amide bonds. The molecule has 274 valence electrons. The van der Waals surface area contributed by atoms with Gasteiger partial charge in [-0.15, -0.1) is 13.2 Å². The number of carbonyl (C=O) groups excluding carboxylic acids is 4. The second-order valence-electron chi connectivity index (χ2n) is 13.4. The van der Waals surface area contributed by atoms with Crippen LogP contribution in [0.5, 0.6) is 0 Å². The quantitative estimate of drug-likeness (QED) is 0.124. The van der Waals surface area contributed by atoms with Crippen LogP contribution >= 0.6 is 15.9 Å². The standard InChI is InChI=1S/C40H44BrN3O8/c1-4-6-16-31(46)42-30(24-50-3)34(26-13-8-7-9-14-26)51-39(49)32-33-37(47)44(20-21-45)36(40(33)23-29(41)35(32)52-40)38(48)43(19-5-2)28-18-17-25-12-10-11-15-27(25)22-28/h4-5,7-15,17-18,22,29-30,32-36,45H,1-2,6,16,19-21,23-24H2,3H3,(H,42,46)/t29?,30-,32+,33-,34-,35+,36+,40-/m0/s1. The third-order valence-corrected chi connectivity index (χ3v) is 11.1. The van der Waals surface area contributed by atoms with Gasteiger partial charge < -0.3 is 34.4 Å². The zero-order valence-corrected chi connectivity index (χ0v) is 30.7. The Hall–Kier alpha value is -4.36. The summed E-state index contributed by atoms with van der Waals surface area (Å²) in [4.78, 5) is 59.2. The maximum absolute atomic E-state index is 14.8. The molecule has 3 heterocycles. The minimum atomic E-state index is -1.38. The molecule has 3 aliphatic heterocycles. The van der Waals surface area contributed by atoms with E-state index in [-0.39, 0.29) is 43.3 Å². The van der Waals surface area contributed by atoms with Crippen molar-refractivity contribution in [2.45, 2.75) is 54.0 Å². The molecule has 2 N–H and O–H groups in total. The number of allylic oxidation sites excluding steroid dienone is 1. The van der Waals surface area contributed by atoms with E-state index in [9.17, 15) is 24.3 Å². The van der Waals surface area contributed by atoms with Gasteiger partial charge in [-0.25, -0.2) is 0 Å². The summed E-state index contributed by atoms with van der Waals surface area (Å²) in [5.41, 5.74) is -0.141. The predicted octanol–water partition coefficient (Wildman–Crippen LogP) is 4.48. The minimum Gasteiger partial charge on any atom is -0.455 e. The third-order valence-electron chi connectivity index (χ3n) is 10.3. The van der Waals surface area contributed by atoms with E-state index in [1.165, 1.54) is 12.0 Å². The number of halogens is 1. The Morgan fingerprint density at radius 3 is 2.52 bits per heavy atom. The molecule has 11 nitrogen and oxygen atoms in total. The Bertz CT molecular complexity index is 1820. The van der Waals surface area contributed by atoms with Crippen molar-refractivity contribution in [2.24, 2.45) is 11.8 Å². The highest BCUT2D eigenvalue weighted by atomic mass is 79.9. The van der Waals surface area contributed by atoms with Gasteiger partial charge in [-0.1, -0.05) is 88.7 Å². The van der Waals surface area contributed by atoms with Crippen molar-refractivity contribution < 1.29 is 38.5 Å². The van der Waals surface area contributed by atoms with Crippen LogP contribution in [0.1, 0.15) is 30.9 Å². The van der Waals surface area contributed by atoms with Gasteiger partial charge in [-0.2, -0.15) is 0 Å². The van der Waals surface area contributed by atoms with Crippen LogP contribution in [0.25, 0.3) is 10.8 Å². The molecule has 1 unspecified atom stereocenters. The molecule has 12 heteroatoms. The fourth-order valence-electron chi connectivity index (χ4n) is 8.10. The fraction of sp³-hybridized carbons (Fsp3) is 0.400. The second-order valence-corrected chi connectivity index (χ2v) is 14.6. The first kappa shape index (κ1) is 37.4. The molecular formula is C40H44BrN3O8. The normalized spacial score (nSPS) is 25.7. The highest BCUT2D eigenvalue weighted by Gasteiger charge is 2.77. The molecule has 3 aromatic carbocycles. The number of carbonyl (C=O) groups is 4. The Morgan fingerprint density at radius 1 is 1.10 bits per heavy atom. The van der Waals surface area contributed by atoms with Crippen molar-refractivity contribution in [1.82, 2.24) is 10.2 Å². The van der Waals surface area contributed by atoms with E-state index in [2.05, 4.69) is 34.4 Å². The largest absolute Gasteiger partial charge is 0.455 e. The third kappa shape index (κ3) is 6.92. The van der Waals surface area contributed by atoms with Gasteiger partial charge >= 0.3 is 5.97 Å². The van der Waals surface area contributed by atoms with E-state index in [1.54, 1.807) is 41.3 Å². The Balaban J connectivity index is 1.35. The van der Waals surface area contributed by atoms with Crippen molar-refractivity contribution in [3.63, 3.8) is 0 Å². The van der Waals surface area contributed by atoms with E-state index in [0.29, 0.717) is 17.7 Å². The first-order valence-electron chi connectivity index (χ1n) is 17.5. The van der Waals surface area contributed by atoms with Gasteiger partial charge in [-0.05, 0) is 41.3 Å². The monoisotopic (exact) mass is 773 g/mol. The number of benzene rings is 3. The average molecular weight is 775 g/mol. The van der Waals surface area contributed by atoms with Crippen LogP contribution in [-0.4, -0.2) is 95.7 Å². The molecule has 0 radical (unpaired) electrons. The lowest BCUT2D eigenvalue weighted by atomic mass is 9.70. The van der Waals surface area contributed by atoms with Crippen molar-refractivity contribution in [3.05, 3.63) is 104 Å². The summed E-state index contributed by atoms with van der Waals surface area (Å²) in [6, 6.07) is 20.6. The molecule has 3 aliphatic rings. The van der Waals surface area contributed by atoms with Crippen LogP contribution in [0.15, 0.2) is 98.1 Å². The number of aliphatic hydroxyl groups excluding tert-OH is 1.